The quantitative estimate of drug-likeness (QED) is 0.872. The molecule has 1 aromatic carbocycles. The molecule has 1 heterocycles. The summed E-state index contributed by atoms with van der Waals surface area (Å²) < 4.78 is 31.7. The van der Waals surface area contributed by atoms with Crippen LogP contribution in [-0.2, 0) is 16.6 Å². The fraction of sp³-hybridized carbons (Fsp3) is 0.308. The zero-order chi connectivity index (χ0) is 14.8. The van der Waals surface area contributed by atoms with Gasteiger partial charge in [0.1, 0.15) is 5.76 Å². The van der Waals surface area contributed by atoms with Gasteiger partial charge in [-0.05, 0) is 31.5 Å². The number of aryl methyl sites for hydroxylation is 1. The minimum atomic E-state index is -3.62. The van der Waals surface area contributed by atoms with Gasteiger partial charge in [-0.15, -0.1) is 0 Å². The maximum absolute atomic E-state index is 12.1. The van der Waals surface area contributed by atoms with E-state index in [0.717, 1.165) is 0 Å². The van der Waals surface area contributed by atoms with E-state index < -0.39 is 16.1 Å². The van der Waals surface area contributed by atoms with Crippen molar-refractivity contribution in [2.24, 2.45) is 0 Å². The average Bonchev–Trinajstić information content (AvgIpc) is 2.82. The minimum Gasteiger partial charge on any atom is -0.445 e. The Morgan fingerprint density at radius 3 is 2.50 bits per heavy atom. The van der Waals surface area contributed by atoms with E-state index in [0.29, 0.717) is 17.2 Å². The highest BCUT2D eigenvalue weighted by Crippen LogP contribution is 2.16. The zero-order valence-corrected chi connectivity index (χ0v) is 12.0. The normalized spacial score (nSPS) is 13.3. The summed E-state index contributed by atoms with van der Waals surface area (Å²) >= 11 is 0. The predicted octanol–water partition coefficient (Wildman–Crippen LogP) is 1.51. The number of aliphatic hydroxyl groups excluding tert-OH is 1. The number of rotatable bonds is 5. The Labute approximate surface area is 117 Å². The summed E-state index contributed by atoms with van der Waals surface area (Å²) in [5, 5.41) is 9.39. The van der Waals surface area contributed by atoms with Gasteiger partial charge in [-0.1, -0.05) is 12.1 Å². The van der Waals surface area contributed by atoms with E-state index in [4.69, 9.17) is 4.42 Å². The van der Waals surface area contributed by atoms with E-state index in [2.05, 4.69) is 9.71 Å². The number of nitrogens with zero attached hydrogens (tertiary/aromatic N) is 1. The maximum atomic E-state index is 12.1. The summed E-state index contributed by atoms with van der Waals surface area (Å²) in [5.74, 6) is 0.937. The lowest BCUT2D eigenvalue weighted by Gasteiger charge is -2.07. The van der Waals surface area contributed by atoms with E-state index in [1.54, 1.807) is 26.0 Å². The van der Waals surface area contributed by atoms with Crippen LogP contribution in [0.15, 0.2) is 39.8 Å². The van der Waals surface area contributed by atoms with Crippen molar-refractivity contribution in [1.29, 1.82) is 0 Å². The Hall–Kier alpha value is -1.70. The van der Waals surface area contributed by atoms with Gasteiger partial charge in [-0.3, -0.25) is 0 Å². The van der Waals surface area contributed by atoms with Gasteiger partial charge in [0.05, 0.1) is 23.7 Å². The molecule has 1 unspecified atom stereocenters. The monoisotopic (exact) mass is 296 g/mol. The molecule has 1 atom stereocenters. The Morgan fingerprint density at radius 2 is 2.00 bits per heavy atom. The average molecular weight is 296 g/mol. The van der Waals surface area contributed by atoms with Crippen LogP contribution in [0.2, 0.25) is 0 Å². The summed E-state index contributed by atoms with van der Waals surface area (Å²) in [6, 6.07) is 6.06. The van der Waals surface area contributed by atoms with Crippen LogP contribution in [0.4, 0.5) is 0 Å². The summed E-state index contributed by atoms with van der Waals surface area (Å²) in [5.41, 5.74) is 0.660. The van der Waals surface area contributed by atoms with Gasteiger partial charge in [0.2, 0.25) is 15.9 Å². The van der Waals surface area contributed by atoms with Crippen LogP contribution in [0.1, 0.15) is 30.2 Å². The molecule has 0 spiro atoms. The van der Waals surface area contributed by atoms with E-state index >= 15 is 0 Å². The maximum Gasteiger partial charge on any atom is 0.241 e. The lowest BCUT2D eigenvalue weighted by atomic mass is 10.1. The Bertz CT molecular complexity index is 675. The second-order valence-corrected chi connectivity index (χ2v) is 6.20. The molecular weight excluding hydrogens is 280 g/mol. The van der Waals surface area contributed by atoms with Crippen LogP contribution in [-0.4, -0.2) is 18.5 Å². The van der Waals surface area contributed by atoms with Gasteiger partial charge >= 0.3 is 0 Å². The van der Waals surface area contributed by atoms with Crippen LogP contribution < -0.4 is 4.72 Å². The molecule has 20 heavy (non-hydrogen) atoms. The third-order valence-electron chi connectivity index (χ3n) is 2.76. The summed E-state index contributed by atoms with van der Waals surface area (Å²) in [4.78, 5) is 4.05. The van der Waals surface area contributed by atoms with E-state index in [9.17, 15) is 13.5 Å². The van der Waals surface area contributed by atoms with Gasteiger partial charge in [0.15, 0.2) is 0 Å². The first-order chi connectivity index (χ1) is 9.38. The summed E-state index contributed by atoms with van der Waals surface area (Å²) in [7, 11) is -3.62. The van der Waals surface area contributed by atoms with Crippen molar-refractivity contribution in [3.8, 4) is 0 Å². The molecule has 0 radical (unpaired) electrons. The Morgan fingerprint density at radius 1 is 1.35 bits per heavy atom. The van der Waals surface area contributed by atoms with Crippen LogP contribution >= 0.6 is 0 Å². The number of hydrogen-bond acceptors (Lipinski definition) is 5. The number of benzene rings is 1. The van der Waals surface area contributed by atoms with Crippen molar-refractivity contribution >= 4 is 10.0 Å². The molecule has 0 aliphatic carbocycles. The molecule has 2 aromatic rings. The molecule has 7 heteroatoms. The van der Waals surface area contributed by atoms with Crippen molar-refractivity contribution in [3.63, 3.8) is 0 Å². The SMILES string of the molecule is Cc1cnc(CNS(=O)(=O)c2ccc(C(C)O)cc2)o1. The Kier molecular flexibility index (Phi) is 4.22. The highest BCUT2D eigenvalue weighted by atomic mass is 32.2. The third kappa shape index (κ3) is 3.44. The van der Waals surface area contributed by atoms with Crippen molar-refractivity contribution < 1.29 is 17.9 Å². The highest BCUT2D eigenvalue weighted by Gasteiger charge is 2.15. The van der Waals surface area contributed by atoms with Crippen molar-refractivity contribution in [2.45, 2.75) is 31.4 Å². The lowest BCUT2D eigenvalue weighted by Crippen LogP contribution is -2.23. The minimum absolute atomic E-state index is 0.00563. The van der Waals surface area contributed by atoms with Gasteiger partial charge in [0, 0.05) is 0 Å². The number of nitrogens with one attached hydrogen (secondary N) is 1. The van der Waals surface area contributed by atoms with Gasteiger partial charge in [-0.25, -0.2) is 18.1 Å². The molecule has 0 amide bonds. The number of aromatic nitrogens is 1. The zero-order valence-electron chi connectivity index (χ0n) is 11.2. The molecule has 6 nitrogen and oxygen atoms in total. The summed E-state index contributed by atoms with van der Waals surface area (Å²) in [6.07, 6.45) is 0.899. The second-order valence-electron chi connectivity index (χ2n) is 4.43. The fourth-order valence-electron chi connectivity index (χ4n) is 1.65. The van der Waals surface area contributed by atoms with E-state index in [1.165, 1.54) is 18.3 Å². The van der Waals surface area contributed by atoms with Crippen LogP contribution in [0.25, 0.3) is 0 Å². The fourth-order valence-corrected chi connectivity index (χ4v) is 2.62. The lowest BCUT2D eigenvalue weighted by molar-refractivity contribution is 0.199. The van der Waals surface area contributed by atoms with Crippen molar-refractivity contribution in [2.75, 3.05) is 0 Å². The molecule has 0 aliphatic heterocycles. The van der Waals surface area contributed by atoms with Crippen LogP contribution in [0.5, 0.6) is 0 Å². The summed E-state index contributed by atoms with van der Waals surface area (Å²) in [6.45, 7) is 3.35. The second kappa shape index (κ2) is 5.74. The van der Waals surface area contributed by atoms with E-state index in [-0.39, 0.29) is 11.4 Å². The van der Waals surface area contributed by atoms with Gasteiger partial charge in [-0.2, -0.15) is 0 Å². The molecule has 1 aromatic heterocycles. The molecule has 2 N–H and O–H groups in total. The first kappa shape index (κ1) is 14.7. The molecule has 0 saturated heterocycles. The van der Waals surface area contributed by atoms with E-state index in [1.807, 2.05) is 0 Å². The largest absolute Gasteiger partial charge is 0.445 e. The number of oxazole rings is 1. The van der Waals surface area contributed by atoms with Crippen LogP contribution in [0.3, 0.4) is 0 Å². The molecule has 0 saturated carbocycles. The first-order valence-electron chi connectivity index (χ1n) is 6.07. The number of sulfonamides is 1. The van der Waals surface area contributed by atoms with Crippen molar-refractivity contribution in [3.05, 3.63) is 47.7 Å². The van der Waals surface area contributed by atoms with Gasteiger partial charge in [0.25, 0.3) is 0 Å². The van der Waals surface area contributed by atoms with Crippen LogP contribution in [0, 0.1) is 6.92 Å². The number of hydrogen-bond donors (Lipinski definition) is 2. The number of aliphatic hydroxyl groups is 1. The molecule has 0 bridgehead atoms. The molecule has 108 valence electrons. The molecule has 0 aliphatic rings. The standard InChI is InChI=1S/C13H16N2O4S/c1-9-7-14-13(19-9)8-15-20(17,18)12-5-3-11(4-6-12)10(2)16/h3-7,10,15-16H,8H2,1-2H3. The van der Waals surface area contributed by atoms with Gasteiger partial charge < -0.3 is 9.52 Å². The Balaban J connectivity index is 2.09. The topological polar surface area (TPSA) is 92.4 Å². The molecule has 2 rings (SSSR count). The highest BCUT2D eigenvalue weighted by molar-refractivity contribution is 7.89. The third-order valence-corrected chi connectivity index (χ3v) is 4.17. The van der Waals surface area contributed by atoms with Crippen molar-refractivity contribution in [1.82, 2.24) is 9.71 Å². The first-order valence-corrected chi connectivity index (χ1v) is 7.56. The smallest absolute Gasteiger partial charge is 0.241 e. The predicted molar refractivity (Wildman–Crippen MR) is 72.3 cm³/mol. The molecule has 0 fully saturated rings. The molecular formula is C13H16N2O4S.